The molecule has 2 heterocycles. The molecule has 0 aliphatic heterocycles. The summed E-state index contributed by atoms with van der Waals surface area (Å²) in [6, 6.07) is 11.4. The third-order valence-corrected chi connectivity index (χ3v) is 10.1. The fourth-order valence-corrected chi connectivity index (χ4v) is 7.55. The second kappa shape index (κ2) is 13.3. The van der Waals surface area contributed by atoms with E-state index in [1.165, 1.54) is 4.90 Å². The maximum absolute atomic E-state index is 14.7. The zero-order valence-corrected chi connectivity index (χ0v) is 27.2. The lowest BCUT2D eigenvalue weighted by Crippen LogP contribution is -2.48. The fraction of sp³-hybridized carbons (Fsp3) is 0.382. The van der Waals surface area contributed by atoms with Gasteiger partial charge in [0.15, 0.2) is 0 Å². The van der Waals surface area contributed by atoms with Crippen LogP contribution in [0.1, 0.15) is 61.7 Å². The SMILES string of the molecule is COc1cc(CN(C(=O)c2sc3c(F)ccc(F)c3c2Cl)C2CCC(CN(C(=O)O)C(C)(C)C)CC2)cc(-c2ccncc2)c1. The van der Waals surface area contributed by atoms with Crippen LogP contribution >= 0.6 is 22.9 Å². The van der Waals surface area contributed by atoms with Crippen LogP contribution in [-0.2, 0) is 6.54 Å². The van der Waals surface area contributed by atoms with Crippen LogP contribution in [0.2, 0.25) is 5.02 Å². The predicted molar refractivity (Wildman–Crippen MR) is 173 cm³/mol. The minimum Gasteiger partial charge on any atom is -0.497 e. The van der Waals surface area contributed by atoms with E-state index in [0.29, 0.717) is 25.1 Å². The largest absolute Gasteiger partial charge is 0.497 e. The molecule has 0 saturated heterocycles. The number of ether oxygens (including phenoxy) is 1. The summed E-state index contributed by atoms with van der Waals surface area (Å²) >= 11 is 7.45. The molecule has 2 aromatic heterocycles. The first kappa shape index (κ1) is 32.6. The first-order chi connectivity index (χ1) is 21.4. The van der Waals surface area contributed by atoms with E-state index in [1.807, 2.05) is 51.1 Å². The number of hydrogen-bond donors (Lipinski definition) is 1. The van der Waals surface area contributed by atoms with Crippen molar-refractivity contribution >= 4 is 45.0 Å². The van der Waals surface area contributed by atoms with Crippen LogP contribution in [-0.4, -0.2) is 57.1 Å². The van der Waals surface area contributed by atoms with Gasteiger partial charge < -0.3 is 19.6 Å². The molecule has 4 aromatic rings. The fourth-order valence-electron chi connectivity index (χ4n) is 6.05. The first-order valence-electron chi connectivity index (χ1n) is 14.8. The van der Waals surface area contributed by atoms with E-state index >= 15 is 0 Å². The minimum atomic E-state index is -0.955. The van der Waals surface area contributed by atoms with E-state index in [-0.39, 0.29) is 38.5 Å². The topological polar surface area (TPSA) is 83.0 Å². The van der Waals surface area contributed by atoms with Crippen molar-refractivity contribution in [1.29, 1.82) is 0 Å². The van der Waals surface area contributed by atoms with Crippen molar-refractivity contribution in [3.63, 3.8) is 0 Å². The number of fused-ring (bicyclic) bond motifs is 1. The molecule has 0 spiro atoms. The smallest absolute Gasteiger partial charge is 0.407 e. The van der Waals surface area contributed by atoms with Crippen LogP contribution in [0, 0.1) is 17.6 Å². The molecule has 45 heavy (non-hydrogen) atoms. The molecule has 0 bridgehead atoms. The summed E-state index contributed by atoms with van der Waals surface area (Å²) in [6.45, 7) is 6.25. The molecule has 5 rings (SSSR count). The lowest BCUT2D eigenvalue weighted by atomic mass is 9.84. The van der Waals surface area contributed by atoms with E-state index in [2.05, 4.69) is 4.98 Å². The van der Waals surface area contributed by atoms with Gasteiger partial charge in [-0.25, -0.2) is 13.6 Å². The number of carbonyl (C=O) groups is 2. The van der Waals surface area contributed by atoms with Crippen molar-refractivity contribution in [2.24, 2.45) is 5.92 Å². The van der Waals surface area contributed by atoms with Crippen LogP contribution in [0.25, 0.3) is 21.2 Å². The number of aromatic nitrogens is 1. The zero-order chi connectivity index (χ0) is 32.5. The van der Waals surface area contributed by atoms with Gasteiger partial charge in [-0.05, 0) is 112 Å². The molecule has 11 heteroatoms. The first-order valence-corrected chi connectivity index (χ1v) is 16.0. The standard InChI is InChI=1S/C34H36ClF2N3O4S/c1-34(2,3)40(33(42)43)19-20-5-7-24(8-6-20)39(32(41)31-29(35)28-26(36)9-10-27(37)30(28)45-31)18-21-15-23(17-25(16-21)44-4)22-11-13-38-14-12-22/h9-17,20,24H,5-8,18-19H2,1-4H3,(H,42,43). The van der Waals surface area contributed by atoms with Crippen molar-refractivity contribution in [1.82, 2.24) is 14.8 Å². The van der Waals surface area contributed by atoms with Crippen LogP contribution in [0.15, 0.2) is 54.9 Å². The average molecular weight is 656 g/mol. The highest BCUT2D eigenvalue weighted by Crippen LogP contribution is 2.41. The Bertz CT molecular complexity index is 1700. The summed E-state index contributed by atoms with van der Waals surface area (Å²) in [5.74, 6) is -0.967. The van der Waals surface area contributed by atoms with Crippen molar-refractivity contribution in [2.45, 2.75) is 64.6 Å². The second-order valence-corrected chi connectivity index (χ2v) is 13.9. The van der Waals surface area contributed by atoms with Crippen LogP contribution in [0.4, 0.5) is 13.6 Å². The van der Waals surface area contributed by atoms with Gasteiger partial charge in [0.05, 0.1) is 22.2 Å². The van der Waals surface area contributed by atoms with E-state index in [1.54, 1.807) is 24.4 Å². The lowest BCUT2D eigenvalue weighted by molar-refractivity contribution is 0.0537. The number of pyridine rings is 1. The molecule has 2 amide bonds. The lowest BCUT2D eigenvalue weighted by Gasteiger charge is -2.40. The number of carbonyl (C=O) groups excluding carboxylic acids is 1. The summed E-state index contributed by atoms with van der Waals surface area (Å²) in [7, 11) is 1.58. The predicted octanol–water partition coefficient (Wildman–Crippen LogP) is 8.88. The van der Waals surface area contributed by atoms with Crippen molar-refractivity contribution in [3.8, 4) is 16.9 Å². The van der Waals surface area contributed by atoms with E-state index < -0.39 is 29.2 Å². The Hall–Kier alpha value is -3.76. The average Bonchev–Trinajstić information content (AvgIpc) is 3.38. The number of halogens is 3. The van der Waals surface area contributed by atoms with Crippen molar-refractivity contribution in [2.75, 3.05) is 13.7 Å². The van der Waals surface area contributed by atoms with E-state index in [9.17, 15) is 23.5 Å². The summed E-state index contributed by atoms with van der Waals surface area (Å²) in [5, 5.41) is 9.62. The normalized spacial score (nSPS) is 16.9. The Kier molecular flexibility index (Phi) is 9.65. The second-order valence-electron chi connectivity index (χ2n) is 12.5. The number of hydrogen-bond acceptors (Lipinski definition) is 5. The summed E-state index contributed by atoms with van der Waals surface area (Å²) in [6.07, 6.45) is 5.17. The molecule has 1 N–H and O–H groups in total. The molecule has 238 valence electrons. The molecule has 1 aliphatic rings. The maximum Gasteiger partial charge on any atom is 0.407 e. The Morgan fingerprint density at radius 1 is 1.02 bits per heavy atom. The van der Waals surface area contributed by atoms with Crippen LogP contribution in [0.5, 0.6) is 5.75 Å². The molecule has 1 aliphatic carbocycles. The van der Waals surface area contributed by atoms with Gasteiger partial charge in [0.2, 0.25) is 0 Å². The monoisotopic (exact) mass is 655 g/mol. The molecule has 1 saturated carbocycles. The molecule has 1 fully saturated rings. The third-order valence-electron chi connectivity index (χ3n) is 8.44. The van der Waals surface area contributed by atoms with Gasteiger partial charge in [-0.15, -0.1) is 11.3 Å². The van der Waals surface area contributed by atoms with Gasteiger partial charge in [-0.1, -0.05) is 11.6 Å². The van der Waals surface area contributed by atoms with E-state index in [0.717, 1.165) is 53.0 Å². The molecule has 0 atom stereocenters. The molecule has 0 unspecified atom stereocenters. The molecular formula is C34H36ClF2N3O4S. The summed E-state index contributed by atoms with van der Waals surface area (Å²) < 4.78 is 35.1. The molecule has 7 nitrogen and oxygen atoms in total. The number of carboxylic acid groups (broad SMARTS) is 1. The van der Waals surface area contributed by atoms with Gasteiger partial charge in [0.1, 0.15) is 22.3 Å². The number of amides is 2. The van der Waals surface area contributed by atoms with Gasteiger partial charge in [0.25, 0.3) is 5.91 Å². The number of nitrogens with zero attached hydrogens (tertiary/aromatic N) is 3. The Balaban J connectivity index is 1.49. The quantitative estimate of drug-likeness (QED) is 0.205. The van der Waals surface area contributed by atoms with Gasteiger partial charge in [-0.3, -0.25) is 9.78 Å². The minimum absolute atomic E-state index is 0.00399. The number of rotatable bonds is 8. The highest BCUT2D eigenvalue weighted by molar-refractivity contribution is 7.21. The summed E-state index contributed by atoms with van der Waals surface area (Å²) in [4.78, 5) is 33.7. The molecule has 2 aromatic carbocycles. The number of benzene rings is 2. The van der Waals surface area contributed by atoms with E-state index in [4.69, 9.17) is 16.3 Å². The summed E-state index contributed by atoms with van der Waals surface area (Å²) in [5.41, 5.74) is 2.11. The third kappa shape index (κ3) is 7.07. The molecule has 0 radical (unpaired) electrons. The Labute approximate surface area is 270 Å². The van der Waals surface area contributed by atoms with Crippen molar-refractivity contribution in [3.05, 3.63) is 82.0 Å². The Morgan fingerprint density at radius 2 is 1.69 bits per heavy atom. The maximum atomic E-state index is 14.7. The van der Waals surface area contributed by atoms with Crippen LogP contribution in [0.3, 0.4) is 0 Å². The van der Waals surface area contributed by atoms with Gasteiger partial charge in [0, 0.05) is 37.1 Å². The van der Waals surface area contributed by atoms with Crippen LogP contribution < -0.4 is 4.74 Å². The van der Waals surface area contributed by atoms with Gasteiger partial charge >= 0.3 is 6.09 Å². The number of thiophene rings is 1. The van der Waals surface area contributed by atoms with Gasteiger partial charge in [-0.2, -0.15) is 0 Å². The molecular weight excluding hydrogens is 620 g/mol. The highest BCUT2D eigenvalue weighted by Gasteiger charge is 2.35. The number of methoxy groups -OCH3 is 1. The zero-order valence-electron chi connectivity index (χ0n) is 25.6. The Morgan fingerprint density at radius 3 is 2.29 bits per heavy atom. The van der Waals surface area contributed by atoms with Crippen molar-refractivity contribution < 1.29 is 28.2 Å². The highest BCUT2D eigenvalue weighted by atomic mass is 35.5.